The van der Waals surface area contributed by atoms with Crippen LogP contribution in [0.15, 0.2) is 65.6 Å². The Kier molecular flexibility index (Phi) is 11.1. The van der Waals surface area contributed by atoms with Gasteiger partial charge in [0.05, 0.1) is 11.0 Å². The van der Waals surface area contributed by atoms with Crippen LogP contribution in [0.4, 0.5) is 22.0 Å². The van der Waals surface area contributed by atoms with Crippen molar-refractivity contribution in [3.8, 4) is 5.75 Å². The number of carbonyl (C=O) groups is 2. The number of nitrogens with two attached hydrogens (primary N) is 1. The van der Waals surface area contributed by atoms with Crippen LogP contribution < -0.4 is 15.2 Å². The molecule has 49 heavy (non-hydrogen) atoms. The molecule has 2 aliphatic heterocycles. The summed E-state index contributed by atoms with van der Waals surface area (Å²) in [5.74, 6) is -6.78. The number of ether oxygens (including phenoxy) is 1. The fourth-order valence-electron chi connectivity index (χ4n) is 6.71. The smallest absolute Gasteiger partial charge is 0.490 e. The van der Waals surface area contributed by atoms with Gasteiger partial charge >= 0.3 is 12.1 Å². The number of amides is 1. The lowest BCUT2D eigenvalue weighted by Gasteiger charge is -2.41. The molecule has 2 bridgehead atoms. The molecule has 16 heteroatoms. The van der Waals surface area contributed by atoms with Crippen LogP contribution in [-0.2, 0) is 25.5 Å². The van der Waals surface area contributed by atoms with Gasteiger partial charge in [0.2, 0.25) is 15.9 Å². The fraction of sp³-hybridized carbons (Fsp3) is 0.455. The molecule has 2 saturated heterocycles. The first-order chi connectivity index (χ1) is 23.0. The van der Waals surface area contributed by atoms with Gasteiger partial charge in [-0.1, -0.05) is 24.3 Å². The molecule has 3 atom stereocenters. The summed E-state index contributed by atoms with van der Waals surface area (Å²) in [6.45, 7) is 0. The summed E-state index contributed by atoms with van der Waals surface area (Å²) in [4.78, 5) is 24.1. The predicted molar refractivity (Wildman–Crippen MR) is 179 cm³/mol. The van der Waals surface area contributed by atoms with Gasteiger partial charge in [0, 0.05) is 27.3 Å². The summed E-state index contributed by atoms with van der Waals surface area (Å²) < 4.78 is 100. The van der Waals surface area contributed by atoms with Crippen molar-refractivity contribution in [1.82, 2.24) is 9.62 Å². The van der Waals surface area contributed by atoms with E-state index in [1.54, 1.807) is 18.2 Å². The number of hydrogen-bond acceptors (Lipinski definition) is 6. The maximum absolute atomic E-state index is 16.2. The number of alkyl halides is 5. The van der Waals surface area contributed by atoms with E-state index in [2.05, 4.69) is 4.72 Å². The van der Waals surface area contributed by atoms with Gasteiger partial charge in [-0.25, -0.2) is 13.2 Å². The lowest BCUT2D eigenvalue weighted by atomic mass is 9.95. The standard InChI is InChI=1S/C31H34F2IN3O4S.C2HF3O2/c32-31(33,21-7-9-22(34)10-8-21)29(30(38)37-24-11-12-25(37)18-23(35)17-24)36-42(39,40)28-14-6-19-15-27(13-5-20(19)16-28)41-26-3-1-2-4-26;3-2(4,5)1(6)7/h5-10,13-16,23-26,29,36H,1-4,11-12,17-18,35H2;(H,6,7)/t23?,24?,25?,29-;/m0./s1. The summed E-state index contributed by atoms with van der Waals surface area (Å²) in [5.41, 5.74) is 5.72. The van der Waals surface area contributed by atoms with Crippen LogP contribution in [0.5, 0.6) is 5.75 Å². The summed E-state index contributed by atoms with van der Waals surface area (Å²) in [7, 11) is -4.52. The van der Waals surface area contributed by atoms with Crippen LogP contribution in [0.3, 0.4) is 0 Å². The van der Waals surface area contributed by atoms with Gasteiger partial charge in [0.25, 0.3) is 5.92 Å². The average molecular weight is 824 g/mol. The number of carboxylic acid groups (broad SMARTS) is 1. The second-order valence-corrected chi connectivity index (χ2v) is 15.5. The van der Waals surface area contributed by atoms with Crippen LogP contribution in [0.1, 0.15) is 56.9 Å². The number of nitrogens with zero attached hydrogens (tertiary/aromatic N) is 1. The highest BCUT2D eigenvalue weighted by atomic mass is 127. The molecule has 4 N–H and O–H groups in total. The van der Waals surface area contributed by atoms with E-state index in [0.29, 0.717) is 36.8 Å². The van der Waals surface area contributed by atoms with E-state index in [9.17, 15) is 26.4 Å². The van der Waals surface area contributed by atoms with Crippen molar-refractivity contribution in [3.05, 3.63) is 69.8 Å². The van der Waals surface area contributed by atoms with Gasteiger partial charge < -0.3 is 20.5 Å². The maximum atomic E-state index is 16.2. The summed E-state index contributed by atoms with van der Waals surface area (Å²) >= 11 is 2.01. The van der Waals surface area contributed by atoms with Crippen LogP contribution >= 0.6 is 22.6 Å². The topological polar surface area (TPSA) is 139 Å². The number of benzene rings is 3. The number of aliphatic carboxylic acids is 1. The third kappa shape index (κ3) is 8.63. The Morgan fingerprint density at radius 2 is 1.45 bits per heavy atom. The van der Waals surface area contributed by atoms with Crippen molar-refractivity contribution in [3.63, 3.8) is 0 Å². The predicted octanol–water partition coefficient (Wildman–Crippen LogP) is 6.32. The lowest BCUT2D eigenvalue weighted by molar-refractivity contribution is -0.192. The van der Waals surface area contributed by atoms with Crippen LogP contribution in [0.2, 0.25) is 0 Å². The highest BCUT2D eigenvalue weighted by Crippen LogP contribution is 2.40. The summed E-state index contributed by atoms with van der Waals surface area (Å²) in [5, 5.41) is 8.51. The van der Waals surface area contributed by atoms with E-state index in [1.165, 1.54) is 41.3 Å². The molecule has 2 heterocycles. The van der Waals surface area contributed by atoms with Crippen molar-refractivity contribution >= 4 is 55.3 Å². The Hall–Kier alpha value is -3.09. The molecular formula is C33H35F5IN3O6S. The zero-order chi connectivity index (χ0) is 35.7. The van der Waals surface area contributed by atoms with Crippen LogP contribution in [0.25, 0.3) is 10.8 Å². The van der Waals surface area contributed by atoms with Gasteiger partial charge in [-0.3, -0.25) is 4.79 Å². The highest BCUT2D eigenvalue weighted by Gasteiger charge is 2.53. The van der Waals surface area contributed by atoms with E-state index >= 15 is 8.78 Å². The monoisotopic (exact) mass is 823 g/mol. The molecule has 266 valence electrons. The van der Waals surface area contributed by atoms with E-state index < -0.39 is 45.6 Å². The number of carbonyl (C=O) groups excluding carboxylic acids is 1. The molecule has 3 aromatic rings. The molecule has 3 aliphatic rings. The van der Waals surface area contributed by atoms with Crippen molar-refractivity contribution in [2.24, 2.45) is 5.73 Å². The minimum Gasteiger partial charge on any atom is -0.490 e. The zero-order valence-electron chi connectivity index (χ0n) is 26.0. The quantitative estimate of drug-likeness (QED) is 0.179. The Morgan fingerprint density at radius 3 is 2.02 bits per heavy atom. The molecule has 6 rings (SSSR count). The molecule has 0 radical (unpaired) electrons. The minimum atomic E-state index is -5.08. The molecule has 3 aromatic carbocycles. The molecular weight excluding hydrogens is 788 g/mol. The normalized spacial score (nSPS) is 22.0. The Balaban J connectivity index is 0.000000606. The number of nitrogens with one attached hydrogen (secondary N) is 1. The third-order valence-corrected chi connectivity index (χ3v) is 11.2. The summed E-state index contributed by atoms with van der Waals surface area (Å²) in [6.07, 6.45) is 1.75. The minimum absolute atomic E-state index is 0.111. The second-order valence-electron chi connectivity index (χ2n) is 12.5. The van der Waals surface area contributed by atoms with Gasteiger partial charge in [-0.2, -0.15) is 26.7 Å². The number of halogens is 6. The zero-order valence-corrected chi connectivity index (χ0v) is 29.0. The molecule has 2 unspecified atom stereocenters. The van der Waals surface area contributed by atoms with E-state index in [4.69, 9.17) is 20.4 Å². The molecule has 1 aliphatic carbocycles. The first-order valence-electron chi connectivity index (χ1n) is 15.7. The molecule has 9 nitrogen and oxygen atoms in total. The van der Waals surface area contributed by atoms with Gasteiger partial charge in [-0.15, -0.1) is 0 Å². The number of carboxylic acids is 1. The molecule has 0 spiro atoms. The Labute approximate surface area is 293 Å². The average Bonchev–Trinajstić information content (AvgIpc) is 3.64. The largest absolute Gasteiger partial charge is 0.490 e. The van der Waals surface area contributed by atoms with Gasteiger partial charge in [0.1, 0.15) is 5.75 Å². The van der Waals surface area contributed by atoms with Crippen molar-refractivity contribution in [2.75, 3.05) is 0 Å². The fourth-order valence-corrected chi connectivity index (χ4v) is 8.29. The molecule has 0 aromatic heterocycles. The van der Waals surface area contributed by atoms with Crippen LogP contribution in [-0.4, -0.2) is 66.7 Å². The number of sulfonamides is 1. The van der Waals surface area contributed by atoms with E-state index in [0.717, 1.165) is 34.6 Å². The van der Waals surface area contributed by atoms with Crippen LogP contribution in [0, 0.1) is 3.57 Å². The first-order valence-corrected chi connectivity index (χ1v) is 18.3. The Morgan fingerprint density at radius 1 is 0.898 bits per heavy atom. The highest BCUT2D eigenvalue weighted by molar-refractivity contribution is 14.1. The molecule has 1 saturated carbocycles. The molecule has 3 fully saturated rings. The SMILES string of the molecule is NC1CC2CCC(C1)N2C(=O)[C@H](NS(=O)(=O)c1ccc2cc(OC3CCCC3)ccc2c1)C(F)(F)c1ccc(I)cc1.O=C(O)C(F)(F)F. The number of piperidine rings is 1. The van der Waals surface area contributed by atoms with Crippen molar-refractivity contribution in [1.29, 1.82) is 0 Å². The number of fused-ring (bicyclic) bond motifs is 3. The van der Waals surface area contributed by atoms with E-state index in [1.807, 2.05) is 28.7 Å². The summed E-state index contributed by atoms with van der Waals surface area (Å²) in [6, 6.07) is 12.3. The van der Waals surface area contributed by atoms with Crippen molar-refractivity contribution in [2.45, 2.75) is 98.6 Å². The van der Waals surface area contributed by atoms with Gasteiger partial charge in [0.15, 0.2) is 6.04 Å². The van der Waals surface area contributed by atoms with Gasteiger partial charge in [-0.05, 0) is 121 Å². The first kappa shape index (κ1) is 37.2. The lowest BCUT2D eigenvalue weighted by Crippen LogP contribution is -2.60. The second kappa shape index (κ2) is 14.6. The third-order valence-electron chi connectivity index (χ3n) is 9.08. The number of rotatable bonds is 8. The van der Waals surface area contributed by atoms with Crippen molar-refractivity contribution < 1.29 is 49.8 Å². The molecule has 1 amide bonds. The maximum Gasteiger partial charge on any atom is 0.490 e. The number of hydrogen-bond donors (Lipinski definition) is 3. The van der Waals surface area contributed by atoms with E-state index in [-0.39, 0.29) is 29.1 Å². The Bertz CT molecular complexity index is 1770.